The van der Waals surface area contributed by atoms with Gasteiger partial charge in [0, 0.05) is 24.8 Å². The largest absolute Gasteiger partial charge is 0.489 e. The Kier molecular flexibility index (Phi) is 5.14. The van der Waals surface area contributed by atoms with E-state index in [-0.39, 0.29) is 5.91 Å². The molecule has 1 saturated heterocycles. The SMILES string of the molecule is O=C(c1cccc(OCc2ccccc2)c1)N1CCC(n2ccnn2)CC1. The number of amides is 1. The van der Waals surface area contributed by atoms with E-state index in [1.165, 1.54) is 0 Å². The van der Waals surface area contributed by atoms with Crippen LogP contribution in [0.1, 0.15) is 34.8 Å². The topological polar surface area (TPSA) is 60.2 Å². The molecule has 6 nitrogen and oxygen atoms in total. The third-order valence-corrected chi connectivity index (χ3v) is 4.90. The first-order valence-corrected chi connectivity index (χ1v) is 9.21. The Morgan fingerprint density at radius 1 is 1.07 bits per heavy atom. The molecule has 0 atom stereocenters. The van der Waals surface area contributed by atoms with Crippen LogP contribution in [0, 0.1) is 0 Å². The highest BCUT2D eigenvalue weighted by Gasteiger charge is 2.25. The second-order valence-corrected chi connectivity index (χ2v) is 6.71. The summed E-state index contributed by atoms with van der Waals surface area (Å²) in [6.45, 7) is 1.93. The second-order valence-electron chi connectivity index (χ2n) is 6.71. The number of aromatic nitrogens is 3. The van der Waals surface area contributed by atoms with E-state index in [1.807, 2.05) is 70.4 Å². The summed E-state index contributed by atoms with van der Waals surface area (Å²) in [4.78, 5) is 14.8. The summed E-state index contributed by atoms with van der Waals surface area (Å²) in [5.74, 6) is 0.763. The van der Waals surface area contributed by atoms with E-state index in [9.17, 15) is 4.79 Å². The highest BCUT2D eigenvalue weighted by molar-refractivity contribution is 5.94. The average Bonchev–Trinajstić information content (AvgIpc) is 3.28. The average molecular weight is 362 g/mol. The predicted molar refractivity (Wildman–Crippen MR) is 101 cm³/mol. The maximum atomic E-state index is 12.9. The highest BCUT2D eigenvalue weighted by Crippen LogP contribution is 2.23. The smallest absolute Gasteiger partial charge is 0.253 e. The number of likely N-dealkylation sites (tertiary alicyclic amines) is 1. The molecule has 4 rings (SSSR count). The molecular formula is C21H22N4O2. The molecule has 1 amide bonds. The fourth-order valence-corrected chi connectivity index (χ4v) is 3.39. The molecule has 1 aliphatic heterocycles. The Labute approximate surface area is 158 Å². The molecule has 2 aromatic carbocycles. The van der Waals surface area contributed by atoms with E-state index in [4.69, 9.17) is 4.74 Å². The van der Waals surface area contributed by atoms with Gasteiger partial charge in [-0.1, -0.05) is 41.6 Å². The maximum Gasteiger partial charge on any atom is 0.253 e. The van der Waals surface area contributed by atoms with Crippen LogP contribution in [-0.2, 0) is 6.61 Å². The minimum atomic E-state index is 0.0530. The van der Waals surface area contributed by atoms with E-state index in [0.717, 1.165) is 31.5 Å². The van der Waals surface area contributed by atoms with Gasteiger partial charge in [0.05, 0.1) is 12.2 Å². The minimum Gasteiger partial charge on any atom is -0.489 e. The van der Waals surface area contributed by atoms with Crippen molar-refractivity contribution in [2.45, 2.75) is 25.5 Å². The summed E-state index contributed by atoms with van der Waals surface area (Å²) >= 11 is 0. The summed E-state index contributed by atoms with van der Waals surface area (Å²) in [5, 5.41) is 7.94. The monoisotopic (exact) mass is 362 g/mol. The highest BCUT2D eigenvalue weighted by atomic mass is 16.5. The van der Waals surface area contributed by atoms with E-state index >= 15 is 0 Å². The fraction of sp³-hybridized carbons (Fsp3) is 0.286. The summed E-state index contributed by atoms with van der Waals surface area (Å²) in [7, 11) is 0. The molecule has 138 valence electrons. The van der Waals surface area contributed by atoms with Gasteiger partial charge >= 0.3 is 0 Å². The molecule has 3 aromatic rings. The summed E-state index contributed by atoms with van der Waals surface area (Å²) < 4.78 is 7.74. The molecule has 2 heterocycles. The summed E-state index contributed by atoms with van der Waals surface area (Å²) in [5.41, 5.74) is 1.77. The van der Waals surface area contributed by atoms with Crippen LogP contribution in [0.3, 0.4) is 0 Å². The Bertz CT molecular complexity index is 872. The standard InChI is InChI=1S/C21H22N4O2/c26-21(24-12-9-19(10-13-24)25-14-11-22-23-25)18-7-4-8-20(15-18)27-16-17-5-2-1-3-6-17/h1-8,11,14-15,19H,9-10,12-13,16H2. The molecule has 0 N–H and O–H groups in total. The minimum absolute atomic E-state index is 0.0530. The Morgan fingerprint density at radius 3 is 2.63 bits per heavy atom. The number of rotatable bonds is 5. The molecular weight excluding hydrogens is 340 g/mol. The molecule has 0 aliphatic carbocycles. The quantitative estimate of drug-likeness (QED) is 0.698. The van der Waals surface area contributed by atoms with Gasteiger partial charge in [-0.15, -0.1) is 5.10 Å². The normalized spacial score (nSPS) is 14.9. The van der Waals surface area contributed by atoms with Crippen molar-refractivity contribution in [2.24, 2.45) is 0 Å². The van der Waals surface area contributed by atoms with E-state index in [0.29, 0.717) is 24.0 Å². The molecule has 0 radical (unpaired) electrons. The van der Waals surface area contributed by atoms with Crippen LogP contribution in [0.5, 0.6) is 5.75 Å². The molecule has 27 heavy (non-hydrogen) atoms. The first-order chi connectivity index (χ1) is 13.3. The first-order valence-electron chi connectivity index (χ1n) is 9.21. The number of hydrogen-bond acceptors (Lipinski definition) is 4. The van der Waals surface area contributed by atoms with E-state index in [2.05, 4.69) is 10.3 Å². The lowest BCUT2D eigenvalue weighted by Gasteiger charge is -2.32. The number of ether oxygens (including phenoxy) is 1. The van der Waals surface area contributed by atoms with Gasteiger partial charge in [0.1, 0.15) is 12.4 Å². The van der Waals surface area contributed by atoms with Gasteiger partial charge in [-0.25, -0.2) is 4.68 Å². The van der Waals surface area contributed by atoms with Crippen molar-refractivity contribution in [1.82, 2.24) is 19.9 Å². The number of piperidine rings is 1. The van der Waals surface area contributed by atoms with Gasteiger partial charge in [-0.05, 0) is 36.6 Å². The molecule has 1 aromatic heterocycles. The van der Waals surface area contributed by atoms with Crippen molar-refractivity contribution in [3.05, 3.63) is 78.1 Å². The van der Waals surface area contributed by atoms with Crippen molar-refractivity contribution >= 4 is 5.91 Å². The lowest BCUT2D eigenvalue weighted by Crippen LogP contribution is -2.39. The summed E-state index contributed by atoms with van der Waals surface area (Å²) in [6, 6.07) is 17.8. The predicted octanol–water partition coefficient (Wildman–Crippen LogP) is 3.33. The number of carbonyl (C=O) groups is 1. The van der Waals surface area contributed by atoms with Gasteiger partial charge in [-0.2, -0.15) is 0 Å². The maximum absolute atomic E-state index is 12.9. The lowest BCUT2D eigenvalue weighted by molar-refractivity contribution is 0.0688. The lowest BCUT2D eigenvalue weighted by atomic mass is 10.0. The Morgan fingerprint density at radius 2 is 1.89 bits per heavy atom. The van der Waals surface area contributed by atoms with Crippen LogP contribution >= 0.6 is 0 Å². The molecule has 0 bridgehead atoms. The molecule has 1 aliphatic rings. The zero-order chi connectivity index (χ0) is 18.5. The number of nitrogens with zero attached hydrogens (tertiary/aromatic N) is 4. The van der Waals surface area contributed by atoms with Crippen LogP contribution in [0.15, 0.2) is 67.0 Å². The molecule has 0 saturated carbocycles. The Hall–Kier alpha value is -3.15. The summed E-state index contributed by atoms with van der Waals surface area (Å²) in [6.07, 6.45) is 5.35. The second kappa shape index (κ2) is 8.03. The van der Waals surface area contributed by atoms with Crippen LogP contribution in [0.4, 0.5) is 0 Å². The van der Waals surface area contributed by atoms with Crippen molar-refractivity contribution < 1.29 is 9.53 Å². The molecule has 6 heteroatoms. The third-order valence-electron chi connectivity index (χ3n) is 4.90. The molecule has 0 spiro atoms. The Balaban J connectivity index is 1.36. The van der Waals surface area contributed by atoms with Crippen molar-refractivity contribution in [3.63, 3.8) is 0 Å². The van der Waals surface area contributed by atoms with Crippen LogP contribution in [0.2, 0.25) is 0 Å². The van der Waals surface area contributed by atoms with Gasteiger partial charge in [-0.3, -0.25) is 4.79 Å². The third kappa shape index (κ3) is 4.16. The molecule has 0 unspecified atom stereocenters. The zero-order valence-electron chi connectivity index (χ0n) is 15.1. The van der Waals surface area contributed by atoms with Gasteiger partial charge in [0.25, 0.3) is 5.91 Å². The van der Waals surface area contributed by atoms with Gasteiger partial charge < -0.3 is 9.64 Å². The number of benzene rings is 2. The van der Waals surface area contributed by atoms with Gasteiger partial charge in [0.15, 0.2) is 0 Å². The van der Waals surface area contributed by atoms with E-state index < -0.39 is 0 Å². The molecule has 1 fully saturated rings. The number of hydrogen-bond donors (Lipinski definition) is 0. The number of carbonyl (C=O) groups excluding carboxylic acids is 1. The van der Waals surface area contributed by atoms with Crippen LogP contribution in [-0.4, -0.2) is 38.9 Å². The van der Waals surface area contributed by atoms with Crippen molar-refractivity contribution in [3.8, 4) is 5.75 Å². The van der Waals surface area contributed by atoms with Crippen molar-refractivity contribution in [1.29, 1.82) is 0 Å². The van der Waals surface area contributed by atoms with Crippen molar-refractivity contribution in [2.75, 3.05) is 13.1 Å². The fourth-order valence-electron chi connectivity index (χ4n) is 3.39. The van der Waals surface area contributed by atoms with E-state index in [1.54, 1.807) is 6.20 Å². The van der Waals surface area contributed by atoms with Gasteiger partial charge in [0.2, 0.25) is 0 Å². The van der Waals surface area contributed by atoms with Crippen LogP contribution in [0.25, 0.3) is 0 Å². The zero-order valence-corrected chi connectivity index (χ0v) is 15.1. The van der Waals surface area contributed by atoms with Crippen LogP contribution < -0.4 is 4.74 Å². The first kappa shape index (κ1) is 17.3.